The molecule has 0 radical (unpaired) electrons. The van der Waals surface area contributed by atoms with Gasteiger partial charge in [-0.1, -0.05) is 6.07 Å². The van der Waals surface area contributed by atoms with Gasteiger partial charge in [0.1, 0.15) is 0 Å². The van der Waals surface area contributed by atoms with Gasteiger partial charge in [-0.05, 0) is 43.9 Å². The van der Waals surface area contributed by atoms with Crippen LogP contribution in [-0.4, -0.2) is 38.4 Å². The van der Waals surface area contributed by atoms with E-state index in [1.807, 2.05) is 0 Å². The van der Waals surface area contributed by atoms with E-state index in [0.29, 0.717) is 5.56 Å². The number of sulfonamides is 1. The van der Waals surface area contributed by atoms with Gasteiger partial charge in [-0.2, -0.15) is 0 Å². The highest BCUT2D eigenvalue weighted by Crippen LogP contribution is 2.23. The van der Waals surface area contributed by atoms with Crippen LogP contribution in [0, 0.1) is 0 Å². The van der Waals surface area contributed by atoms with Crippen molar-refractivity contribution in [3.05, 3.63) is 29.8 Å². The molecule has 0 atom stereocenters. The highest BCUT2D eigenvalue weighted by atomic mass is 32.2. The Morgan fingerprint density at radius 2 is 1.90 bits per heavy atom. The normalized spacial score (nSPS) is 19.3. The number of carbonyl (C=O) groups is 1. The predicted octanol–water partition coefficient (Wildman–Crippen LogP) is 1.36. The number of hydrogen-bond acceptors (Lipinski definition) is 3. The molecule has 6 heteroatoms. The maximum atomic E-state index is 12.3. The van der Waals surface area contributed by atoms with Gasteiger partial charge in [0.2, 0.25) is 10.0 Å². The summed E-state index contributed by atoms with van der Waals surface area (Å²) in [6, 6.07) is 6.39. The molecule has 1 amide bonds. The van der Waals surface area contributed by atoms with Crippen molar-refractivity contribution in [3.8, 4) is 0 Å². The van der Waals surface area contributed by atoms with Crippen molar-refractivity contribution in [3.63, 3.8) is 0 Å². The molecular formula is C14H18N2O3S. The third kappa shape index (κ3) is 2.86. The Labute approximate surface area is 119 Å². The number of likely N-dealkylation sites (tertiary alicyclic amines) is 1. The van der Waals surface area contributed by atoms with Crippen molar-refractivity contribution in [1.82, 2.24) is 9.62 Å². The van der Waals surface area contributed by atoms with Gasteiger partial charge < -0.3 is 4.90 Å². The summed E-state index contributed by atoms with van der Waals surface area (Å²) in [6.07, 6.45) is 3.83. The van der Waals surface area contributed by atoms with Gasteiger partial charge in [0.15, 0.2) is 0 Å². The lowest BCUT2D eigenvalue weighted by atomic mass is 10.2. The molecule has 1 saturated heterocycles. The van der Waals surface area contributed by atoms with Gasteiger partial charge >= 0.3 is 0 Å². The lowest BCUT2D eigenvalue weighted by molar-refractivity contribution is 0.0792. The average Bonchev–Trinajstić information content (AvgIpc) is 3.07. The smallest absolute Gasteiger partial charge is 0.253 e. The standard InChI is InChI=1S/C14H18N2O3S/c17-14(16-8-1-2-9-16)11-4-3-5-13(10-11)20(18,19)15-12-6-7-12/h3-5,10,12,15H,1-2,6-9H2. The number of nitrogens with one attached hydrogen (secondary N) is 1. The zero-order chi connectivity index (χ0) is 14.2. The quantitative estimate of drug-likeness (QED) is 0.912. The summed E-state index contributed by atoms with van der Waals surface area (Å²) < 4.78 is 26.9. The van der Waals surface area contributed by atoms with E-state index < -0.39 is 10.0 Å². The lowest BCUT2D eigenvalue weighted by Crippen LogP contribution is -2.29. The van der Waals surface area contributed by atoms with Crippen molar-refractivity contribution >= 4 is 15.9 Å². The lowest BCUT2D eigenvalue weighted by Gasteiger charge is -2.15. The highest BCUT2D eigenvalue weighted by Gasteiger charge is 2.28. The number of rotatable bonds is 4. The molecule has 1 saturated carbocycles. The molecule has 1 aromatic rings. The van der Waals surface area contributed by atoms with Crippen molar-refractivity contribution in [2.75, 3.05) is 13.1 Å². The van der Waals surface area contributed by atoms with Crippen molar-refractivity contribution in [1.29, 1.82) is 0 Å². The second-order valence-electron chi connectivity index (χ2n) is 5.42. The second-order valence-corrected chi connectivity index (χ2v) is 7.14. The van der Waals surface area contributed by atoms with Gasteiger partial charge in [-0.3, -0.25) is 4.79 Å². The Morgan fingerprint density at radius 1 is 1.20 bits per heavy atom. The molecule has 5 nitrogen and oxygen atoms in total. The fourth-order valence-electron chi connectivity index (χ4n) is 2.39. The maximum absolute atomic E-state index is 12.3. The summed E-state index contributed by atoms with van der Waals surface area (Å²) in [6.45, 7) is 1.52. The molecular weight excluding hydrogens is 276 g/mol. The molecule has 0 aromatic heterocycles. The van der Waals surface area contributed by atoms with Crippen molar-refractivity contribution in [2.45, 2.75) is 36.6 Å². The summed E-state index contributed by atoms with van der Waals surface area (Å²) >= 11 is 0. The molecule has 1 aliphatic heterocycles. The molecule has 3 rings (SSSR count). The van der Waals surface area contributed by atoms with E-state index >= 15 is 0 Å². The van der Waals surface area contributed by atoms with Crippen molar-refractivity contribution < 1.29 is 13.2 Å². The summed E-state index contributed by atoms with van der Waals surface area (Å²) in [7, 11) is -3.50. The van der Waals surface area contributed by atoms with Crippen LogP contribution in [0.2, 0.25) is 0 Å². The maximum Gasteiger partial charge on any atom is 0.253 e. The molecule has 1 aromatic carbocycles. The number of hydrogen-bond donors (Lipinski definition) is 1. The minimum Gasteiger partial charge on any atom is -0.339 e. The summed E-state index contributed by atoms with van der Waals surface area (Å²) in [5.41, 5.74) is 0.450. The first-order valence-corrected chi connectivity index (χ1v) is 8.46. The Morgan fingerprint density at radius 3 is 2.55 bits per heavy atom. The van der Waals surface area contributed by atoms with Gasteiger partial charge in [0.25, 0.3) is 5.91 Å². The molecule has 1 N–H and O–H groups in total. The van der Waals surface area contributed by atoms with Crippen LogP contribution in [0.5, 0.6) is 0 Å². The Bertz CT molecular complexity index is 617. The van der Waals surface area contributed by atoms with E-state index in [2.05, 4.69) is 4.72 Å². The van der Waals surface area contributed by atoms with Gasteiger partial charge in [0, 0.05) is 24.7 Å². The number of carbonyl (C=O) groups excluding carboxylic acids is 1. The van der Waals surface area contributed by atoms with Gasteiger partial charge in [0.05, 0.1) is 4.90 Å². The van der Waals surface area contributed by atoms with Gasteiger partial charge in [-0.15, -0.1) is 0 Å². The first-order chi connectivity index (χ1) is 9.56. The van der Waals surface area contributed by atoms with Crippen molar-refractivity contribution in [2.24, 2.45) is 0 Å². The Hall–Kier alpha value is -1.40. The van der Waals surface area contributed by atoms with E-state index in [1.165, 1.54) is 12.1 Å². The number of nitrogens with zero attached hydrogens (tertiary/aromatic N) is 1. The van der Waals surface area contributed by atoms with Gasteiger partial charge in [-0.25, -0.2) is 13.1 Å². The number of benzene rings is 1. The molecule has 1 heterocycles. The predicted molar refractivity (Wildman–Crippen MR) is 74.9 cm³/mol. The molecule has 0 unspecified atom stereocenters. The fraction of sp³-hybridized carbons (Fsp3) is 0.500. The topological polar surface area (TPSA) is 66.5 Å². The fourth-order valence-corrected chi connectivity index (χ4v) is 3.74. The van der Waals surface area contributed by atoms with E-state index in [4.69, 9.17) is 0 Å². The average molecular weight is 294 g/mol. The van der Waals surface area contributed by atoms with Crippen LogP contribution in [0.3, 0.4) is 0 Å². The van der Waals surface area contributed by atoms with Crippen LogP contribution in [0.15, 0.2) is 29.2 Å². The molecule has 0 spiro atoms. The van der Waals surface area contributed by atoms with E-state index in [9.17, 15) is 13.2 Å². The van der Waals surface area contributed by atoms with Crippen LogP contribution >= 0.6 is 0 Å². The monoisotopic (exact) mass is 294 g/mol. The molecule has 0 bridgehead atoms. The minimum absolute atomic E-state index is 0.0675. The van der Waals surface area contributed by atoms with E-state index in [-0.39, 0.29) is 16.8 Å². The Kier molecular flexibility index (Phi) is 3.52. The first kappa shape index (κ1) is 13.6. The number of amides is 1. The molecule has 1 aliphatic carbocycles. The summed E-state index contributed by atoms with van der Waals surface area (Å²) in [5.74, 6) is -0.0778. The zero-order valence-electron chi connectivity index (χ0n) is 11.2. The van der Waals surface area contributed by atoms with Crippen LogP contribution in [0.4, 0.5) is 0 Å². The molecule has 2 fully saturated rings. The molecule has 20 heavy (non-hydrogen) atoms. The Balaban J connectivity index is 1.83. The third-order valence-electron chi connectivity index (χ3n) is 3.68. The first-order valence-electron chi connectivity index (χ1n) is 6.98. The second kappa shape index (κ2) is 5.18. The van der Waals surface area contributed by atoms with E-state index in [0.717, 1.165) is 38.8 Å². The van der Waals surface area contributed by atoms with Crippen LogP contribution < -0.4 is 4.72 Å². The largest absolute Gasteiger partial charge is 0.339 e. The van der Waals surface area contributed by atoms with E-state index in [1.54, 1.807) is 17.0 Å². The highest BCUT2D eigenvalue weighted by molar-refractivity contribution is 7.89. The molecule has 108 valence electrons. The summed E-state index contributed by atoms with van der Waals surface area (Å²) in [4.78, 5) is 14.2. The SMILES string of the molecule is O=C(c1cccc(S(=O)(=O)NC2CC2)c1)N1CCCC1. The minimum atomic E-state index is -3.50. The van der Waals surface area contributed by atoms with Crippen LogP contribution in [0.1, 0.15) is 36.0 Å². The van der Waals surface area contributed by atoms with Crippen LogP contribution in [0.25, 0.3) is 0 Å². The molecule has 2 aliphatic rings. The van der Waals surface area contributed by atoms with Crippen LogP contribution in [-0.2, 0) is 10.0 Å². The zero-order valence-corrected chi connectivity index (χ0v) is 12.0. The summed E-state index contributed by atoms with van der Waals surface area (Å²) in [5, 5.41) is 0. The third-order valence-corrected chi connectivity index (χ3v) is 5.20.